The topological polar surface area (TPSA) is 78.0 Å². The van der Waals surface area contributed by atoms with Gasteiger partial charge in [0.1, 0.15) is 12.4 Å². The van der Waals surface area contributed by atoms with E-state index >= 15 is 0 Å². The highest BCUT2D eigenvalue weighted by Gasteiger charge is 2.27. The number of rotatable bonds is 7. The van der Waals surface area contributed by atoms with Crippen molar-refractivity contribution >= 4 is 35.1 Å². The molecule has 3 saturated heterocycles. The Morgan fingerprint density at radius 2 is 1.68 bits per heavy atom. The second-order valence-electron chi connectivity index (χ2n) is 10.7. The van der Waals surface area contributed by atoms with Crippen LogP contribution in [0.4, 0.5) is 4.79 Å². The van der Waals surface area contributed by atoms with E-state index in [1.807, 2.05) is 42.3 Å². The van der Waals surface area contributed by atoms with Crippen molar-refractivity contribution < 1.29 is 14.3 Å². The first-order valence-electron chi connectivity index (χ1n) is 14.4. The fourth-order valence-electron chi connectivity index (χ4n) is 5.39. The predicted molar refractivity (Wildman–Crippen MR) is 159 cm³/mol. The SMILES string of the molecule is Cc1ccc(Cl)cc1Cl.O=C(CNC(=O)N1CCCC1)N1CCC(c2ncccc2OCCN2CCCC2)CC1. The predicted octanol–water partition coefficient (Wildman–Crippen LogP) is 5.37. The molecule has 0 radical (unpaired) electrons. The number of urea groups is 1. The van der Waals surface area contributed by atoms with Crippen molar-refractivity contribution in [1.82, 2.24) is 25.0 Å². The number of carbonyl (C=O) groups excluding carboxylic acids is 2. The van der Waals surface area contributed by atoms with E-state index in [4.69, 9.17) is 27.9 Å². The molecule has 218 valence electrons. The van der Waals surface area contributed by atoms with Gasteiger partial charge in [0.2, 0.25) is 5.91 Å². The molecule has 10 heteroatoms. The maximum atomic E-state index is 12.5. The van der Waals surface area contributed by atoms with Crippen LogP contribution in [0.3, 0.4) is 0 Å². The first-order valence-corrected chi connectivity index (χ1v) is 15.2. The Morgan fingerprint density at radius 1 is 0.975 bits per heavy atom. The molecule has 3 fully saturated rings. The maximum Gasteiger partial charge on any atom is 0.317 e. The number of halogens is 2. The van der Waals surface area contributed by atoms with Crippen LogP contribution in [0.1, 0.15) is 55.7 Å². The summed E-state index contributed by atoms with van der Waals surface area (Å²) in [6.07, 6.45) is 8.23. The molecule has 8 nitrogen and oxygen atoms in total. The number of hydrogen-bond donors (Lipinski definition) is 1. The van der Waals surface area contributed by atoms with Crippen LogP contribution >= 0.6 is 23.2 Å². The number of amides is 3. The van der Waals surface area contributed by atoms with E-state index in [-0.39, 0.29) is 18.5 Å². The number of benzene rings is 1. The molecule has 3 aliphatic rings. The normalized spacial score (nSPS) is 17.9. The first kappa shape index (κ1) is 30.4. The zero-order valence-corrected chi connectivity index (χ0v) is 24.9. The van der Waals surface area contributed by atoms with Crippen LogP contribution in [-0.2, 0) is 4.79 Å². The van der Waals surface area contributed by atoms with Crippen molar-refractivity contribution in [2.75, 3.05) is 59.0 Å². The van der Waals surface area contributed by atoms with Gasteiger partial charge in [0.25, 0.3) is 0 Å². The lowest BCUT2D eigenvalue weighted by molar-refractivity contribution is -0.131. The largest absolute Gasteiger partial charge is 0.490 e. The number of aryl methyl sites for hydroxylation is 1. The van der Waals surface area contributed by atoms with Gasteiger partial charge in [0.15, 0.2) is 0 Å². The molecule has 0 bridgehead atoms. The number of piperidine rings is 1. The molecule has 0 unspecified atom stereocenters. The summed E-state index contributed by atoms with van der Waals surface area (Å²) in [5.74, 6) is 1.17. The number of carbonyl (C=O) groups is 2. The summed E-state index contributed by atoms with van der Waals surface area (Å²) in [5, 5.41) is 4.19. The highest BCUT2D eigenvalue weighted by molar-refractivity contribution is 6.35. The Hall–Kier alpha value is -2.55. The highest BCUT2D eigenvalue weighted by atomic mass is 35.5. The van der Waals surface area contributed by atoms with Crippen LogP contribution in [0.15, 0.2) is 36.5 Å². The summed E-state index contributed by atoms with van der Waals surface area (Å²) >= 11 is 11.4. The molecule has 5 rings (SSSR count). The standard InChI is InChI=1S/C23H35N5O3.C7H6Cl2/c29-21(18-25-23(30)28-12-3-4-13-28)27-14-7-19(8-15-27)22-20(6-5-9-24-22)31-17-16-26-10-1-2-11-26;1-5-2-3-6(8)4-7(5)9/h5-6,9,19H,1-4,7-8,10-18H2,(H,25,30);2-4H,1H3. The van der Waals surface area contributed by atoms with E-state index < -0.39 is 0 Å². The minimum atomic E-state index is -0.120. The van der Waals surface area contributed by atoms with E-state index in [0.29, 0.717) is 30.6 Å². The molecule has 0 aliphatic carbocycles. The van der Waals surface area contributed by atoms with Gasteiger partial charge >= 0.3 is 6.03 Å². The molecule has 1 N–H and O–H groups in total. The van der Waals surface area contributed by atoms with E-state index in [1.54, 1.807) is 11.0 Å². The van der Waals surface area contributed by atoms with Crippen LogP contribution in [0, 0.1) is 6.92 Å². The number of ether oxygens (including phenoxy) is 1. The summed E-state index contributed by atoms with van der Waals surface area (Å²) < 4.78 is 6.10. The summed E-state index contributed by atoms with van der Waals surface area (Å²) in [6.45, 7) is 8.97. The third kappa shape index (κ3) is 8.98. The van der Waals surface area contributed by atoms with Crippen LogP contribution in [0.25, 0.3) is 0 Å². The number of pyridine rings is 1. The van der Waals surface area contributed by atoms with Crippen molar-refractivity contribution in [1.29, 1.82) is 0 Å². The van der Waals surface area contributed by atoms with Crippen molar-refractivity contribution in [3.63, 3.8) is 0 Å². The average Bonchev–Trinajstić information content (AvgIpc) is 3.70. The number of nitrogens with zero attached hydrogens (tertiary/aromatic N) is 4. The Bertz CT molecular complexity index is 1110. The van der Waals surface area contributed by atoms with Crippen molar-refractivity contribution in [2.24, 2.45) is 0 Å². The van der Waals surface area contributed by atoms with Crippen LogP contribution in [0.2, 0.25) is 10.0 Å². The van der Waals surface area contributed by atoms with Crippen LogP contribution in [0.5, 0.6) is 5.75 Å². The Balaban J connectivity index is 0.000000350. The second-order valence-corrected chi connectivity index (χ2v) is 11.5. The van der Waals surface area contributed by atoms with E-state index in [0.717, 1.165) is 67.3 Å². The summed E-state index contributed by atoms with van der Waals surface area (Å²) in [4.78, 5) is 35.3. The molecule has 4 heterocycles. The van der Waals surface area contributed by atoms with E-state index in [1.165, 1.54) is 25.9 Å². The third-order valence-corrected chi connectivity index (χ3v) is 8.46. The molecule has 2 aromatic rings. The van der Waals surface area contributed by atoms with Gasteiger partial charge in [-0.15, -0.1) is 0 Å². The van der Waals surface area contributed by atoms with Gasteiger partial charge in [-0.3, -0.25) is 14.7 Å². The molecule has 40 heavy (non-hydrogen) atoms. The van der Waals surface area contributed by atoms with Gasteiger partial charge in [-0.05, 0) is 88.4 Å². The molecule has 0 atom stereocenters. The molecule has 0 saturated carbocycles. The molecule has 1 aromatic heterocycles. The Kier molecular flexibility index (Phi) is 11.7. The quantitative estimate of drug-likeness (QED) is 0.470. The van der Waals surface area contributed by atoms with Gasteiger partial charge in [-0.25, -0.2) is 4.79 Å². The summed E-state index contributed by atoms with van der Waals surface area (Å²) in [6, 6.07) is 9.27. The average molecular weight is 591 g/mol. The molecule has 3 aliphatic heterocycles. The minimum absolute atomic E-state index is 0.00546. The minimum Gasteiger partial charge on any atom is -0.490 e. The fourth-order valence-corrected chi connectivity index (χ4v) is 5.80. The molecular weight excluding hydrogens is 549 g/mol. The third-order valence-electron chi connectivity index (χ3n) is 7.82. The maximum absolute atomic E-state index is 12.5. The van der Waals surface area contributed by atoms with Crippen molar-refractivity contribution in [2.45, 2.75) is 51.4 Å². The van der Waals surface area contributed by atoms with E-state index in [9.17, 15) is 9.59 Å². The smallest absolute Gasteiger partial charge is 0.317 e. The summed E-state index contributed by atoms with van der Waals surface area (Å²) in [7, 11) is 0. The number of aromatic nitrogens is 1. The second kappa shape index (κ2) is 15.5. The fraction of sp³-hybridized carbons (Fsp3) is 0.567. The van der Waals surface area contributed by atoms with Crippen molar-refractivity contribution in [3.8, 4) is 5.75 Å². The van der Waals surface area contributed by atoms with Gasteiger partial charge in [0, 0.05) is 54.9 Å². The molecule has 1 aromatic carbocycles. The Labute approximate surface area is 248 Å². The summed E-state index contributed by atoms with van der Waals surface area (Å²) in [5.41, 5.74) is 2.07. The zero-order chi connectivity index (χ0) is 28.3. The zero-order valence-electron chi connectivity index (χ0n) is 23.4. The van der Waals surface area contributed by atoms with Crippen molar-refractivity contribution in [3.05, 3.63) is 57.8 Å². The number of likely N-dealkylation sites (tertiary alicyclic amines) is 3. The van der Waals surface area contributed by atoms with Crippen LogP contribution in [-0.4, -0.2) is 90.6 Å². The monoisotopic (exact) mass is 589 g/mol. The van der Waals surface area contributed by atoms with Crippen LogP contribution < -0.4 is 10.1 Å². The lowest BCUT2D eigenvalue weighted by atomic mass is 9.92. The first-order chi connectivity index (χ1) is 19.4. The molecular formula is C30H41Cl2N5O3. The highest BCUT2D eigenvalue weighted by Crippen LogP contribution is 2.32. The molecule has 0 spiro atoms. The van der Waals surface area contributed by atoms with E-state index in [2.05, 4.69) is 15.2 Å². The van der Waals surface area contributed by atoms with Gasteiger partial charge in [-0.1, -0.05) is 29.3 Å². The van der Waals surface area contributed by atoms with Gasteiger partial charge in [0.05, 0.1) is 12.2 Å². The Morgan fingerprint density at radius 3 is 2.35 bits per heavy atom. The number of nitrogens with one attached hydrogen (secondary N) is 1. The lowest BCUT2D eigenvalue weighted by Gasteiger charge is -2.32. The number of hydrogen-bond acceptors (Lipinski definition) is 5. The van der Waals surface area contributed by atoms with Gasteiger partial charge < -0.3 is 19.9 Å². The van der Waals surface area contributed by atoms with Gasteiger partial charge in [-0.2, -0.15) is 0 Å². The lowest BCUT2D eigenvalue weighted by Crippen LogP contribution is -2.46. The molecule has 3 amide bonds.